The van der Waals surface area contributed by atoms with Gasteiger partial charge in [0.15, 0.2) is 0 Å². The van der Waals surface area contributed by atoms with E-state index >= 15 is 0 Å². The summed E-state index contributed by atoms with van der Waals surface area (Å²) in [5, 5.41) is 0.658. The van der Waals surface area contributed by atoms with Gasteiger partial charge in [-0.15, -0.1) is 0 Å². The molecular formula is C27H25FN4O3S. The molecule has 0 radical (unpaired) electrons. The molecule has 1 N–H and O–H groups in total. The number of pyridine rings is 1. The summed E-state index contributed by atoms with van der Waals surface area (Å²) in [6, 6.07) is 22.2. The van der Waals surface area contributed by atoms with Crippen LogP contribution in [0.2, 0.25) is 0 Å². The van der Waals surface area contributed by atoms with Crippen molar-refractivity contribution in [1.82, 2.24) is 14.8 Å². The molecule has 0 aliphatic carbocycles. The Bertz CT molecular complexity index is 1500. The molecule has 1 fully saturated rings. The van der Waals surface area contributed by atoms with Gasteiger partial charge in [0.1, 0.15) is 10.7 Å². The smallest absolute Gasteiger partial charge is 0.264 e. The molecule has 7 nitrogen and oxygen atoms in total. The predicted octanol–water partition coefficient (Wildman–Crippen LogP) is 4.13. The van der Waals surface area contributed by atoms with Gasteiger partial charge in [-0.3, -0.25) is 19.4 Å². The zero-order valence-corrected chi connectivity index (χ0v) is 20.3. The Kier molecular flexibility index (Phi) is 6.67. The second-order valence-electron chi connectivity index (χ2n) is 8.69. The number of amides is 1. The van der Waals surface area contributed by atoms with E-state index in [0.29, 0.717) is 24.0 Å². The van der Waals surface area contributed by atoms with E-state index in [1.165, 1.54) is 30.0 Å². The topological polar surface area (TPSA) is 82.6 Å². The molecule has 2 heterocycles. The maximum absolute atomic E-state index is 14.9. The average Bonchev–Trinajstić information content (AvgIpc) is 2.90. The van der Waals surface area contributed by atoms with Gasteiger partial charge < -0.3 is 4.90 Å². The van der Waals surface area contributed by atoms with Crippen LogP contribution >= 0.6 is 0 Å². The lowest BCUT2D eigenvalue weighted by molar-refractivity contribution is 0.0628. The van der Waals surface area contributed by atoms with Gasteiger partial charge in [-0.1, -0.05) is 48.5 Å². The van der Waals surface area contributed by atoms with E-state index in [0.717, 1.165) is 25.7 Å². The van der Waals surface area contributed by atoms with Gasteiger partial charge in [-0.05, 0) is 35.9 Å². The highest BCUT2D eigenvalue weighted by atomic mass is 32.2. The Balaban J connectivity index is 1.26. The molecule has 4 aromatic rings. The van der Waals surface area contributed by atoms with Gasteiger partial charge in [0.2, 0.25) is 0 Å². The first-order valence-electron chi connectivity index (χ1n) is 11.6. The molecule has 1 saturated heterocycles. The third kappa shape index (κ3) is 5.07. The summed E-state index contributed by atoms with van der Waals surface area (Å²) in [5.74, 6) is -1.10. The van der Waals surface area contributed by atoms with Crippen LogP contribution in [0, 0.1) is 5.82 Å². The Morgan fingerprint density at radius 1 is 0.917 bits per heavy atom. The number of benzene rings is 3. The molecule has 1 aromatic heterocycles. The number of fused-ring (bicyclic) bond motifs is 1. The second-order valence-corrected chi connectivity index (χ2v) is 10.3. The van der Waals surface area contributed by atoms with Crippen molar-refractivity contribution in [3.05, 3.63) is 102 Å². The zero-order chi connectivity index (χ0) is 25.1. The van der Waals surface area contributed by atoms with Crippen molar-refractivity contribution >= 4 is 32.5 Å². The van der Waals surface area contributed by atoms with Crippen LogP contribution in [0.25, 0.3) is 10.9 Å². The van der Waals surface area contributed by atoms with Crippen LogP contribution in [0.15, 0.2) is 90.0 Å². The molecule has 5 rings (SSSR count). The van der Waals surface area contributed by atoms with Crippen molar-refractivity contribution in [2.45, 2.75) is 11.4 Å². The van der Waals surface area contributed by atoms with Crippen LogP contribution in [0.3, 0.4) is 0 Å². The van der Waals surface area contributed by atoms with E-state index in [-0.39, 0.29) is 22.1 Å². The van der Waals surface area contributed by atoms with Gasteiger partial charge in [-0.2, -0.15) is 0 Å². The van der Waals surface area contributed by atoms with Gasteiger partial charge >= 0.3 is 0 Å². The number of rotatable bonds is 6. The third-order valence-electron chi connectivity index (χ3n) is 6.25. The number of nitrogens with zero attached hydrogens (tertiary/aromatic N) is 3. The first kappa shape index (κ1) is 23.9. The Morgan fingerprint density at radius 2 is 1.67 bits per heavy atom. The molecule has 1 amide bonds. The summed E-state index contributed by atoms with van der Waals surface area (Å²) in [4.78, 5) is 21.1. The van der Waals surface area contributed by atoms with E-state index in [2.05, 4.69) is 26.7 Å². The number of anilines is 1. The summed E-state index contributed by atoms with van der Waals surface area (Å²) in [7, 11) is -4.10. The average molecular weight is 505 g/mol. The summed E-state index contributed by atoms with van der Waals surface area (Å²) >= 11 is 0. The van der Waals surface area contributed by atoms with Crippen molar-refractivity contribution in [3.63, 3.8) is 0 Å². The number of piperazine rings is 1. The zero-order valence-electron chi connectivity index (χ0n) is 19.5. The molecule has 0 unspecified atom stereocenters. The molecule has 9 heteroatoms. The maximum atomic E-state index is 14.9. The molecule has 3 aromatic carbocycles. The standard InChI is InChI=1S/C27H25FN4O3S/c28-23-18-22(27(33)32-16-14-31(15-17-32)19-20-6-2-1-3-7-20)11-12-24(23)30-36(34,35)25-10-4-8-21-9-5-13-29-26(21)25/h1-13,18,30H,14-17,19H2. The van der Waals surface area contributed by atoms with Crippen molar-refractivity contribution in [1.29, 1.82) is 0 Å². The second kappa shape index (κ2) is 10.0. The number of nitrogens with one attached hydrogen (secondary N) is 1. The lowest BCUT2D eigenvalue weighted by atomic mass is 10.1. The minimum absolute atomic E-state index is 0.0477. The van der Waals surface area contributed by atoms with Crippen LogP contribution in [-0.2, 0) is 16.6 Å². The molecule has 184 valence electrons. The monoisotopic (exact) mass is 504 g/mol. The highest BCUT2D eigenvalue weighted by molar-refractivity contribution is 7.93. The van der Waals surface area contributed by atoms with E-state index in [1.54, 1.807) is 29.2 Å². The van der Waals surface area contributed by atoms with Crippen molar-refractivity contribution < 1.29 is 17.6 Å². The summed E-state index contributed by atoms with van der Waals surface area (Å²) in [5.41, 5.74) is 1.47. The van der Waals surface area contributed by atoms with Crippen LogP contribution in [-0.4, -0.2) is 55.3 Å². The van der Waals surface area contributed by atoms with Crippen LogP contribution in [0.4, 0.5) is 10.1 Å². The van der Waals surface area contributed by atoms with Crippen LogP contribution < -0.4 is 4.72 Å². The first-order chi connectivity index (χ1) is 17.4. The Morgan fingerprint density at radius 3 is 2.42 bits per heavy atom. The number of para-hydroxylation sites is 1. The van der Waals surface area contributed by atoms with Crippen molar-refractivity contribution in [3.8, 4) is 0 Å². The Labute approximate surface area is 209 Å². The number of hydrogen-bond acceptors (Lipinski definition) is 5. The molecule has 0 bridgehead atoms. The number of carbonyl (C=O) groups is 1. The highest BCUT2D eigenvalue weighted by Gasteiger charge is 2.24. The summed E-state index contributed by atoms with van der Waals surface area (Å²) in [6.07, 6.45) is 1.50. The fourth-order valence-corrected chi connectivity index (χ4v) is 5.60. The van der Waals surface area contributed by atoms with Crippen LogP contribution in [0.1, 0.15) is 15.9 Å². The minimum Gasteiger partial charge on any atom is -0.336 e. The number of carbonyl (C=O) groups excluding carboxylic acids is 1. The number of hydrogen-bond donors (Lipinski definition) is 1. The predicted molar refractivity (Wildman–Crippen MR) is 137 cm³/mol. The fourth-order valence-electron chi connectivity index (χ4n) is 4.36. The molecular weight excluding hydrogens is 479 g/mol. The van der Waals surface area contributed by atoms with Crippen molar-refractivity contribution in [2.24, 2.45) is 0 Å². The SMILES string of the molecule is O=C(c1ccc(NS(=O)(=O)c2cccc3cccnc23)c(F)c1)N1CCN(Cc2ccccc2)CC1. The Hall–Kier alpha value is -3.82. The highest BCUT2D eigenvalue weighted by Crippen LogP contribution is 2.25. The van der Waals surface area contributed by atoms with Gasteiger partial charge in [0.25, 0.3) is 15.9 Å². The van der Waals surface area contributed by atoms with Gasteiger partial charge in [0.05, 0.1) is 11.2 Å². The quantitative estimate of drug-likeness (QED) is 0.427. The minimum atomic E-state index is -4.10. The molecule has 0 saturated carbocycles. The van der Waals surface area contributed by atoms with Gasteiger partial charge in [0, 0.05) is 49.9 Å². The molecule has 0 spiro atoms. The summed E-state index contributed by atoms with van der Waals surface area (Å²) in [6.45, 7) is 3.34. The van der Waals surface area contributed by atoms with E-state index < -0.39 is 15.8 Å². The number of halogens is 1. The summed E-state index contributed by atoms with van der Waals surface area (Å²) < 4.78 is 43.2. The molecule has 36 heavy (non-hydrogen) atoms. The lowest BCUT2D eigenvalue weighted by Crippen LogP contribution is -2.48. The maximum Gasteiger partial charge on any atom is 0.264 e. The molecule has 1 aliphatic rings. The van der Waals surface area contributed by atoms with E-state index in [4.69, 9.17) is 0 Å². The van der Waals surface area contributed by atoms with Crippen LogP contribution in [0.5, 0.6) is 0 Å². The van der Waals surface area contributed by atoms with E-state index in [9.17, 15) is 17.6 Å². The van der Waals surface area contributed by atoms with Gasteiger partial charge in [-0.25, -0.2) is 12.8 Å². The largest absolute Gasteiger partial charge is 0.336 e. The van der Waals surface area contributed by atoms with Crippen molar-refractivity contribution in [2.75, 3.05) is 30.9 Å². The normalized spacial score (nSPS) is 14.6. The third-order valence-corrected chi connectivity index (χ3v) is 7.65. The first-order valence-corrected chi connectivity index (χ1v) is 13.1. The fraction of sp³-hybridized carbons (Fsp3) is 0.185. The lowest BCUT2D eigenvalue weighted by Gasteiger charge is -2.34. The molecule has 0 atom stereocenters. The number of aromatic nitrogens is 1. The number of sulfonamides is 1. The molecule has 1 aliphatic heterocycles. The van der Waals surface area contributed by atoms with E-state index in [1.807, 2.05) is 18.2 Å².